The number of ketones is 1. The number of rotatable bonds is 1. The maximum Gasteiger partial charge on any atom is 0.179 e. The predicted molar refractivity (Wildman–Crippen MR) is 77.4 cm³/mol. The van der Waals surface area contributed by atoms with Gasteiger partial charge in [-0.15, -0.1) is 0 Å². The quantitative estimate of drug-likeness (QED) is 0.734. The van der Waals surface area contributed by atoms with Gasteiger partial charge in [-0.2, -0.15) is 5.10 Å². The third-order valence-electron chi connectivity index (χ3n) is 3.99. The number of H-pyrrole nitrogens is 1. The van der Waals surface area contributed by atoms with Crippen molar-refractivity contribution in [3.63, 3.8) is 0 Å². The first-order valence-electron chi connectivity index (χ1n) is 6.93. The largest absolute Gasteiger partial charge is 0.352 e. The Morgan fingerprint density at radius 3 is 2.95 bits per heavy atom. The number of fused-ring (bicyclic) bond motifs is 3. The zero-order valence-corrected chi connectivity index (χ0v) is 11.3. The van der Waals surface area contributed by atoms with Gasteiger partial charge >= 0.3 is 0 Å². The zero-order chi connectivity index (χ0) is 13.7. The van der Waals surface area contributed by atoms with Gasteiger partial charge in [0.1, 0.15) is 0 Å². The first-order chi connectivity index (χ1) is 9.72. The van der Waals surface area contributed by atoms with Crippen LogP contribution in [0.3, 0.4) is 0 Å². The van der Waals surface area contributed by atoms with Gasteiger partial charge in [0, 0.05) is 23.5 Å². The highest BCUT2D eigenvalue weighted by Crippen LogP contribution is 2.30. The summed E-state index contributed by atoms with van der Waals surface area (Å²) in [5.41, 5.74) is 5.04. The molecule has 1 aromatic carbocycles. The molecule has 4 rings (SSSR count). The number of aromatic nitrogens is 3. The van der Waals surface area contributed by atoms with Gasteiger partial charge in [0.25, 0.3) is 0 Å². The minimum atomic E-state index is 0.235. The summed E-state index contributed by atoms with van der Waals surface area (Å²) >= 11 is 0. The lowest BCUT2D eigenvalue weighted by Crippen LogP contribution is -2.09. The number of aryl methyl sites for hydroxylation is 2. The molecule has 2 heterocycles. The van der Waals surface area contributed by atoms with Crippen LogP contribution in [-0.2, 0) is 6.42 Å². The van der Waals surface area contributed by atoms with Crippen LogP contribution in [-0.4, -0.2) is 20.5 Å². The third-order valence-corrected chi connectivity index (χ3v) is 3.99. The molecule has 4 nitrogen and oxygen atoms in total. The minimum absolute atomic E-state index is 0.235. The van der Waals surface area contributed by atoms with Crippen LogP contribution in [0.25, 0.3) is 16.6 Å². The van der Waals surface area contributed by atoms with E-state index in [0.29, 0.717) is 6.42 Å². The normalized spacial score (nSPS) is 14.8. The molecule has 100 valence electrons. The highest BCUT2D eigenvalue weighted by Gasteiger charge is 2.21. The highest BCUT2D eigenvalue weighted by atomic mass is 16.1. The second-order valence-electron chi connectivity index (χ2n) is 5.39. The van der Waals surface area contributed by atoms with E-state index < -0.39 is 0 Å². The number of aromatic amines is 1. The van der Waals surface area contributed by atoms with Crippen molar-refractivity contribution in [1.29, 1.82) is 0 Å². The fourth-order valence-corrected chi connectivity index (χ4v) is 2.99. The van der Waals surface area contributed by atoms with Crippen LogP contribution in [0.4, 0.5) is 0 Å². The average molecular weight is 265 g/mol. The van der Waals surface area contributed by atoms with Gasteiger partial charge in [-0.25, -0.2) is 4.68 Å². The molecule has 0 atom stereocenters. The summed E-state index contributed by atoms with van der Waals surface area (Å²) in [5.74, 6) is 0.235. The molecule has 0 fully saturated rings. The number of benzene rings is 1. The van der Waals surface area contributed by atoms with E-state index in [4.69, 9.17) is 0 Å². The Balaban J connectivity index is 1.93. The van der Waals surface area contributed by atoms with Crippen molar-refractivity contribution >= 4 is 16.7 Å². The van der Waals surface area contributed by atoms with Crippen molar-refractivity contribution in [1.82, 2.24) is 14.8 Å². The maximum atomic E-state index is 12.0. The predicted octanol–water partition coefficient (Wildman–Crippen LogP) is 3.18. The average Bonchev–Trinajstić information content (AvgIpc) is 3.03. The Morgan fingerprint density at radius 1 is 1.25 bits per heavy atom. The van der Waals surface area contributed by atoms with Gasteiger partial charge in [0.05, 0.1) is 17.1 Å². The van der Waals surface area contributed by atoms with Crippen molar-refractivity contribution in [3.8, 4) is 5.69 Å². The number of hydrogen-bond acceptors (Lipinski definition) is 2. The van der Waals surface area contributed by atoms with Crippen LogP contribution in [0, 0.1) is 6.92 Å². The molecule has 0 aliphatic heterocycles. The van der Waals surface area contributed by atoms with E-state index in [0.717, 1.165) is 40.8 Å². The Labute approximate surface area is 116 Å². The number of Topliss-reactive ketones (excluding diaryl/α,β-unsaturated/α-hetero) is 1. The van der Waals surface area contributed by atoms with Gasteiger partial charge < -0.3 is 4.98 Å². The standard InChI is InChI=1S/C16H15N3O/c1-10-7-8-19(18-10)11-5-6-14-13(9-11)12-3-2-4-15(20)16(12)17-14/h5-9,17H,2-4H2,1H3. The summed E-state index contributed by atoms with van der Waals surface area (Å²) in [5, 5.41) is 5.59. The van der Waals surface area contributed by atoms with Crippen molar-refractivity contribution in [2.24, 2.45) is 0 Å². The maximum absolute atomic E-state index is 12.0. The summed E-state index contributed by atoms with van der Waals surface area (Å²) in [6, 6.07) is 8.17. The van der Waals surface area contributed by atoms with Gasteiger partial charge in [0.2, 0.25) is 0 Å². The van der Waals surface area contributed by atoms with Crippen molar-refractivity contribution in [2.75, 3.05) is 0 Å². The summed E-state index contributed by atoms with van der Waals surface area (Å²) in [6.07, 6.45) is 4.54. The smallest absolute Gasteiger partial charge is 0.179 e. The lowest BCUT2D eigenvalue weighted by molar-refractivity contribution is 0.0968. The Bertz CT molecular complexity index is 825. The van der Waals surface area contributed by atoms with E-state index in [1.807, 2.05) is 36.0 Å². The topological polar surface area (TPSA) is 50.7 Å². The van der Waals surface area contributed by atoms with Gasteiger partial charge in [-0.1, -0.05) is 0 Å². The second-order valence-corrected chi connectivity index (χ2v) is 5.39. The lowest BCUT2D eigenvalue weighted by atomic mass is 9.94. The van der Waals surface area contributed by atoms with E-state index in [2.05, 4.69) is 16.1 Å². The molecular weight excluding hydrogens is 250 g/mol. The molecule has 0 radical (unpaired) electrons. The van der Waals surface area contributed by atoms with Gasteiger partial charge in [0.15, 0.2) is 5.78 Å². The molecule has 4 heteroatoms. The van der Waals surface area contributed by atoms with Crippen LogP contribution in [0.1, 0.15) is 34.6 Å². The first-order valence-corrected chi connectivity index (χ1v) is 6.93. The number of nitrogens with zero attached hydrogens (tertiary/aromatic N) is 2. The fourth-order valence-electron chi connectivity index (χ4n) is 2.99. The monoisotopic (exact) mass is 265 g/mol. The molecule has 3 aromatic rings. The Hall–Kier alpha value is -2.36. The molecule has 20 heavy (non-hydrogen) atoms. The molecule has 0 amide bonds. The molecule has 1 N–H and O–H groups in total. The molecular formula is C16H15N3O. The summed E-state index contributed by atoms with van der Waals surface area (Å²) in [6.45, 7) is 1.98. The molecule has 0 saturated heterocycles. The molecule has 0 saturated carbocycles. The molecule has 2 aromatic heterocycles. The third kappa shape index (κ3) is 1.61. The molecule has 0 bridgehead atoms. The van der Waals surface area contributed by atoms with Crippen molar-refractivity contribution in [2.45, 2.75) is 26.2 Å². The SMILES string of the molecule is Cc1ccn(-c2ccc3[nH]c4c(c3c2)CCCC4=O)n1. The Kier molecular flexibility index (Phi) is 2.33. The van der Waals surface area contributed by atoms with E-state index in [1.165, 1.54) is 5.56 Å². The summed E-state index contributed by atoms with van der Waals surface area (Å²) in [4.78, 5) is 15.2. The fraction of sp³-hybridized carbons (Fsp3) is 0.250. The van der Waals surface area contributed by atoms with Crippen LogP contribution >= 0.6 is 0 Å². The van der Waals surface area contributed by atoms with E-state index >= 15 is 0 Å². The zero-order valence-electron chi connectivity index (χ0n) is 11.3. The number of nitrogens with one attached hydrogen (secondary N) is 1. The minimum Gasteiger partial charge on any atom is -0.352 e. The van der Waals surface area contributed by atoms with Crippen LogP contribution in [0.15, 0.2) is 30.5 Å². The van der Waals surface area contributed by atoms with Crippen LogP contribution in [0.5, 0.6) is 0 Å². The number of hydrogen-bond donors (Lipinski definition) is 1. The molecule has 1 aliphatic rings. The molecule has 1 aliphatic carbocycles. The molecule has 0 spiro atoms. The van der Waals surface area contributed by atoms with Crippen molar-refractivity contribution in [3.05, 3.63) is 47.4 Å². The van der Waals surface area contributed by atoms with Gasteiger partial charge in [-0.3, -0.25) is 4.79 Å². The number of carbonyl (C=O) groups excluding carboxylic acids is 1. The van der Waals surface area contributed by atoms with Gasteiger partial charge in [-0.05, 0) is 49.6 Å². The van der Waals surface area contributed by atoms with E-state index in [9.17, 15) is 4.79 Å². The first kappa shape index (κ1) is 11.5. The van der Waals surface area contributed by atoms with Crippen molar-refractivity contribution < 1.29 is 4.79 Å². The second kappa shape index (κ2) is 4.07. The summed E-state index contributed by atoms with van der Waals surface area (Å²) in [7, 11) is 0. The Morgan fingerprint density at radius 2 is 2.15 bits per heavy atom. The highest BCUT2D eigenvalue weighted by molar-refractivity contribution is 6.03. The van der Waals surface area contributed by atoms with Crippen LogP contribution < -0.4 is 0 Å². The molecule has 0 unspecified atom stereocenters. The summed E-state index contributed by atoms with van der Waals surface area (Å²) < 4.78 is 1.87. The lowest BCUT2D eigenvalue weighted by Gasteiger charge is -2.09. The van der Waals surface area contributed by atoms with E-state index in [1.54, 1.807) is 0 Å². The van der Waals surface area contributed by atoms with Crippen LogP contribution in [0.2, 0.25) is 0 Å². The van der Waals surface area contributed by atoms with E-state index in [-0.39, 0.29) is 5.78 Å². The number of carbonyl (C=O) groups is 1.